The largest absolute Gasteiger partial charge is 0.303 e. The number of aryl methyl sites for hydroxylation is 1. The van der Waals surface area contributed by atoms with Crippen molar-refractivity contribution in [1.29, 1.82) is 0 Å². The Hall–Kier alpha value is 0.0500. The zero-order chi connectivity index (χ0) is 12.1. The third-order valence-electron chi connectivity index (χ3n) is 2.85. The molecule has 0 saturated heterocycles. The summed E-state index contributed by atoms with van der Waals surface area (Å²) < 4.78 is -1.01. The number of carbonyl (C=O) groups is 1. The monoisotopic (exact) mass is 296 g/mol. The normalized spacial score (nSPS) is 26.6. The lowest BCUT2D eigenvalue weighted by Crippen LogP contribution is -1.92. The topological polar surface area (TPSA) is 17.1 Å². The second-order valence-corrected chi connectivity index (χ2v) is 6.18. The fraction of sp³-hybridized carbons (Fsp3) is 0.364. The van der Waals surface area contributed by atoms with Crippen LogP contribution in [0.4, 0.5) is 0 Å². The highest BCUT2D eigenvalue weighted by Crippen LogP contribution is 2.64. The molecule has 86 valence electrons. The van der Waals surface area contributed by atoms with Gasteiger partial charge >= 0.3 is 0 Å². The molecule has 1 aliphatic rings. The van der Waals surface area contributed by atoms with Crippen LogP contribution in [0.2, 0.25) is 10.0 Å². The first-order valence-corrected chi connectivity index (χ1v) is 6.19. The van der Waals surface area contributed by atoms with Crippen LogP contribution in [0, 0.1) is 12.8 Å². The van der Waals surface area contributed by atoms with Crippen LogP contribution in [0.5, 0.6) is 0 Å². The van der Waals surface area contributed by atoms with Gasteiger partial charge < -0.3 is 4.79 Å². The molecule has 0 amide bonds. The smallest absolute Gasteiger partial charge is 0.136 e. The first-order chi connectivity index (χ1) is 7.39. The number of benzene rings is 1. The lowest BCUT2D eigenvalue weighted by Gasteiger charge is -2.06. The Bertz CT molecular complexity index is 432. The molecular formula is C11H8Cl4O. The maximum Gasteiger partial charge on any atom is 0.136 e. The van der Waals surface area contributed by atoms with Gasteiger partial charge in [-0.05, 0) is 24.1 Å². The summed E-state index contributed by atoms with van der Waals surface area (Å²) in [4.78, 5) is 10.8. The summed E-state index contributed by atoms with van der Waals surface area (Å²) in [6.45, 7) is 1.85. The van der Waals surface area contributed by atoms with Crippen LogP contribution < -0.4 is 0 Å². The molecule has 2 unspecified atom stereocenters. The Morgan fingerprint density at radius 3 is 2.38 bits per heavy atom. The highest BCUT2D eigenvalue weighted by Gasteiger charge is 2.64. The molecule has 5 heteroatoms. The van der Waals surface area contributed by atoms with Gasteiger partial charge in [0, 0.05) is 5.92 Å². The molecule has 1 fully saturated rings. The third kappa shape index (κ3) is 1.84. The highest BCUT2D eigenvalue weighted by molar-refractivity contribution is 6.53. The quantitative estimate of drug-likeness (QED) is 0.584. The zero-order valence-electron chi connectivity index (χ0n) is 8.31. The van der Waals surface area contributed by atoms with E-state index in [4.69, 9.17) is 46.4 Å². The van der Waals surface area contributed by atoms with E-state index in [9.17, 15) is 4.79 Å². The van der Waals surface area contributed by atoms with Crippen LogP contribution in [-0.2, 0) is 4.79 Å². The average Bonchev–Trinajstić information content (AvgIpc) is 2.76. The molecule has 1 aromatic carbocycles. The Kier molecular flexibility index (Phi) is 3.17. The van der Waals surface area contributed by atoms with E-state index in [1.807, 2.05) is 13.0 Å². The van der Waals surface area contributed by atoms with Crippen molar-refractivity contribution < 1.29 is 4.79 Å². The molecule has 2 rings (SSSR count). The molecule has 0 N–H and O–H groups in total. The molecule has 16 heavy (non-hydrogen) atoms. The predicted octanol–water partition coefficient (Wildman–Crippen LogP) is 4.39. The number of halogens is 4. The second-order valence-electron chi connectivity index (χ2n) is 3.95. The van der Waals surface area contributed by atoms with E-state index < -0.39 is 4.33 Å². The number of alkyl halides is 2. The number of carbonyl (C=O) groups excluding carboxylic acids is 1. The second kappa shape index (κ2) is 4.06. The Labute approximate surface area is 114 Å². The first kappa shape index (κ1) is 12.5. The molecule has 0 bridgehead atoms. The lowest BCUT2D eigenvalue weighted by atomic mass is 10.1. The van der Waals surface area contributed by atoms with E-state index in [1.165, 1.54) is 0 Å². The molecule has 0 radical (unpaired) electrons. The fourth-order valence-electron chi connectivity index (χ4n) is 1.88. The number of rotatable bonds is 2. The molecule has 1 aromatic rings. The predicted molar refractivity (Wildman–Crippen MR) is 67.9 cm³/mol. The van der Waals surface area contributed by atoms with Crippen LogP contribution in [0.25, 0.3) is 0 Å². The lowest BCUT2D eigenvalue weighted by molar-refractivity contribution is -0.108. The Morgan fingerprint density at radius 2 is 1.94 bits per heavy atom. The van der Waals surface area contributed by atoms with Gasteiger partial charge in [0.1, 0.15) is 10.6 Å². The standard InChI is InChI=1S/C11H8Cl4O/c1-5-2-6(3-8(12)10(5)13)9-7(4-16)11(9,14)15/h2-4,7,9H,1H3. The fourth-order valence-corrected chi connectivity index (χ4v) is 3.02. The molecule has 2 atom stereocenters. The van der Waals surface area contributed by atoms with Crippen molar-refractivity contribution in [2.45, 2.75) is 17.2 Å². The van der Waals surface area contributed by atoms with Crippen LogP contribution >= 0.6 is 46.4 Å². The van der Waals surface area contributed by atoms with Crippen molar-refractivity contribution in [3.05, 3.63) is 33.3 Å². The Morgan fingerprint density at radius 1 is 1.31 bits per heavy atom. The zero-order valence-corrected chi connectivity index (χ0v) is 11.3. The molecule has 0 spiro atoms. The van der Waals surface area contributed by atoms with Crippen LogP contribution in [0.15, 0.2) is 12.1 Å². The van der Waals surface area contributed by atoms with Gasteiger partial charge in [-0.2, -0.15) is 0 Å². The van der Waals surface area contributed by atoms with Gasteiger partial charge in [-0.15, -0.1) is 23.2 Å². The molecule has 1 nitrogen and oxygen atoms in total. The summed E-state index contributed by atoms with van der Waals surface area (Å²) in [6.07, 6.45) is 0.780. The SMILES string of the molecule is Cc1cc(C2C(C=O)C2(Cl)Cl)cc(Cl)c1Cl. The molecular weight excluding hydrogens is 290 g/mol. The number of aldehydes is 1. The van der Waals surface area contributed by atoms with Crippen molar-refractivity contribution in [3.63, 3.8) is 0 Å². The van der Waals surface area contributed by atoms with Crippen LogP contribution in [0.1, 0.15) is 17.0 Å². The van der Waals surface area contributed by atoms with E-state index in [-0.39, 0.29) is 11.8 Å². The van der Waals surface area contributed by atoms with Gasteiger partial charge in [-0.1, -0.05) is 29.3 Å². The molecule has 0 aromatic heterocycles. The molecule has 1 saturated carbocycles. The minimum Gasteiger partial charge on any atom is -0.303 e. The van der Waals surface area contributed by atoms with E-state index in [2.05, 4.69) is 0 Å². The molecule has 1 aliphatic carbocycles. The van der Waals surface area contributed by atoms with Crippen molar-refractivity contribution in [2.24, 2.45) is 5.92 Å². The third-order valence-corrected chi connectivity index (χ3v) is 4.72. The van der Waals surface area contributed by atoms with Crippen molar-refractivity contribution in [2.75, 3.05) is 0 Å². The van der Waals surface area contributed by atoms with Crippen molar-refractivity contribution in [1.82, 2.24) is 0 Å². The summed E-state index contributed by atoms with van der Waals surface area (Å²) in [5, 5.41) is 0.973. The summed E-state index contributed by atoms with van der Waals surface area (Å²) >= 11 is 23.9. The van der Waals surface area contributed by atoms with Crippen LogP contribution in [-0.4, -0.2) is 10.6 Å². The van der Waals surface area contributed by atoms with E-state index >= 15 is 0 Å². The van der Waals surface area contributed by atoms with Gasteiger partial charge in [0.15, 0.2) is 0 Å². The summed E-state index contributed by atoms with van der Waals surface area (Å²) in [7, 11) is 0. The van der Waals surface area contributed by atoms with Crippen LogP contribution in [0.3, 0.4) is 0 Å². The Balaban J connectivity index is 2.41. The molecule has 0 aliphatic heterocycles. The first-order valence-electron chi connectivity index (χ1n) is 4.68. The van der Waals surface area contributed by atoms with Crippen molar-refractivity contribution in [3.8, 4) is 0 Å². The van der Waals surface area contributed by atoms with E-state index in [0.29, 0.717) is 10.0 Å². The van der Waals surface area contributed by atoms with Gasteiger partial charge in [-0.3, -0.25) is 0 Å². The van der Waals surface area contributed by atoms with Gasteiger partial charge in [0.25, 0.3) is 0 Å². The average molecular weight is 298 g/mol. The summed E-state index contributed by atoms with van der Waals surface area (Å²) in [5.74, 6) is -0.561. The van der Waals surface area contributed by atoms with Crippen molar-refractivity contribution >= 4 is 52.7 Å². The van der Waals surface area contributed by atoms with Gasteiger partial charge in [0.2, 0.25) is 0 Å². The number of hydrogen-bond donors (Lipinski definition) is 0. The highest BCUT2D eigenvalue weighted by atomic mass is 35.5. The van der Waals surface area contributed by atoms with Gasteiger partial charge in [0.05, 0.1) is 16.0 Å². The number of hydrogen-bond acceptors (Lipinski definition) is 1. The summed E-state index contributed by atoms with van der Waals surface area (Å²) in [5.41, 5.74) is 1.71. The van der Waals surface area contributed by atoms with Gasteiger partial charge in [-0.25, -0.2) is 0 Å². The van der Waals surface area contributed by atoms with E-state index in [0.717, 1.165) is 17.4 Å². The minimum atomic E-state index is -1.01. The minimum absolute atomic E-state index is 0.193. The summed E-state index contributed by atoms with van der Waals surface area (Å²) in [6, 6.07) is 3.58. The maximum absolute atomic E-state index is 10.8. The maximum atomic E-state index is 10.8. The molecule has 0 heterocycles. The van der Waals surface area contributed by atoms with E-state index in [1.54, 1.807) is 6.07 Å².